The maximum atomic E-state index is 13.1. The molecule has 1 aliphatic heterocycles. The fourth-order valence-corrected chi connectivity index (χ4v) is 11.1. The van der Waals surface area contributed by atoms with E-state index in [4.69, 9.17) is 14.2 Å². The van der Waals surface area contributed by atoms with E-state index >= 15 is 0 Å². The molecule has 0 aromatic carbocycles. The van der Waals surface area contributed by atoms with E-state index in [1.807, 2.05) is 6.08 Å². The molecule has 7 unspecified atom stereocenters. The number of carbonyl (C=O) groups is 2. The molecular weight excluding hydrogens is 1060 g/mol. The van der Waals surface area contributed by atoms with Crippen molar-refractivity contribution in [1.29, 1.82) is 0 Å². The summed E-state index contributed by atoms with van der Waals surface area (Å²) in [4.78, 5) is 25.1. The van der Waals surface area contributed by atoms with Gasteiger partial charge in [-0.05, 0) is 89.9 Å². The number of ether oxygens (including phenoxy) is 3. The number of rotatable bonds is 63. The van der Waals surface area contributed by atoms with Gasteiger partial charge in [-0.1, -0.05) is 293 Å². The van der Waals surface area contributed by atoms with Crippen LogP contribution in [0.25, 0.3) is 0 Å². The molecule has 0 bridgehead atoms. The molecule has 0 radical (unpaired) electrons. The Hall–Kier alpha value is -2.64. The molecule has 85 heavy (non-hydrogen) atoms. The zero-order valence-corrected chi connectivity index (χ0v) is 55.1. The van der Waals surface area contributed by atoms with Gasteiger partial charge in [0.2, 0.25) is 5.91 Å². The number of unbranched alkanes of at least 4 members (excludes halogenated alkanes) is 41. The van der Waals surface area contributed by atoms with Gasteiger partial charge in [0, 0.05) is 12.8 Å². The van der Waals surface area contributed by atoms with Crippen LogP contribution in [0.4, 0.5) is 0 Å². The normalized spacial score (nSPS) is 18.3. The number of hydrogen-bond acceptors (Lipinski definition) is 10. The summed E-state index contributed by atoms with van der Waals surface area (Å²) in [5.74, 6) is -0.190. The monoisotopic (exact) mass is 1200 g/mol. The second-order valence-electron chi connectivity index (χ2n) is 24.9. The molecule has 0 aromatic rings. The highest BCUT2D eigenvalue weighted by Gasteiger charge is 2.44. The van der Waals surface area contributed by atoms with Crippen molar-refractivity contribution in [2.24, 2.45) is 0 Å². The van der Waals surface area contributed by atoms with Gasteiger partial charge in [0.05, 0.1) is 32.0 Å². The van der Waals surface area contributed by atoms with Crippen LogP contribution >= 0.6 is 0 Å². The van der Waals surface area contributed by atoms with E-state index in [-0.39, 0.29) is 18.5 Å². The summed E-state index contributed by atoms with van der Waals surface area (Å²) in [6, 6.07) is -0.810. The van der Waals surface area contributed by atoms with Crippen molar-refractivity contribution >= 4 is 11.9 Å². The number of allylic oxidation sites excluding steroid dienone is 9. The molecule has 1 rings (SSSR count). The van der Waals surface area contributed by atoms with Crippen LogP contribution in [0.1, 0.15) is 335 Å². The zero-order valence-electron chi connectivity index (χ0n) is 55.1. The third-order valence-electron chi connectivity index (χ3n) is 16.8. The Morgan fingerprint density at radius 2 is 0.800 bits per heavy atom. The van der Waals surface area contributed by atoms with Crippen LogP contribution in [-0.2, 0) is 23.8 Å². The minimum absolute atomic E-state index is 0.00966. The number of aliphatic hydroxyl groups is 5. The number of hydrogen-bond donors (Lipinski definition) is 6. The van der Waals surface area contributed by atoms with Crippen LogP contribution in [0.15, 0.2) is 60.8 Å². The molecule has 0 aromatic heterocycles. The lowest BCUT2D eigenvalue weighted by molar-refractivity contribution is -0.302. The number of esters is 1. The third-order valence-corrected chi connectivity index (χ3v) is 16.8. The standard InChI is InChI=1S/C74H135NO10/c1-3-5-7-9-11-13-15-17-38-42-46-50-54-58-62-70(79)83-63-59-55-51-47-43-39-36-34-32-30-28-26-24-22-20-18-19-21-23-25-27-29-31-33-35-37-41-45-49-53-57-61-69(78)75-66(65-84-74-73(82)72(81)71(80)68(64-76)85-74)67(77)60-56-52-48-44-40-16-14-12-10-8-6-4-2/h9,11,15,17,20,22,26,28,56,60,66-68,71-74,76-77,80-82H,3-8,10,12-14,16,18-19,21,23-25,27,29-55,57-59,61-65H2,1-2H3,(H,75,78)/b11-9-,17-15-,22-20-,28-26-,60-56+. The van der Waals surface area contributed by atoms with Crippen LogP contribution in [0, 0.1) is 0 Å². The lowest BCUT2D eigenvalue weighted by Gasteiger charge is -2.40. The summed E-state index contributed by atoms with van der Waals surface area (Å²) in [7, 11) is 0. The molecule has 1 amide bonds. The quantitative estimate of drug-likeness (QED) is 0.0195. The van der Waals surface area contributed by atoms with Gasteiger partial charge in [-0.25, -0.2) is 0 Å². The summed E-state index contributed by atoms with van der Waals surface area (Å²) >= 11 is 0. The molecule has 1 fully saturated rings. The maximum Gasteiger partial charge on any atom is 0.305 e. The van der Waals surface area contributed by atoms with Gasteiger partial charge in [0.15, 0.2) is 6.29 Å². The Labute approximate surface area is 522 Å². The Morgan fingerprint density at radius 3 is 1.22 bits per heavy atom. The molecule has 0 aliphatic carbocycles. The topological polar surface area (TPSA) is 175 Å². The summed E-state index contributed by atoms with van der Waals surface area (Å²) in [5.41, 5.74) is 0. The molecule has 6 N–H and O–H groups in total. The Balaban J connectivity index is 1.96. The molecule has 0 spiro atoms. The van der Waals surface area contributed by atoms with Crippen molar-refractivity contribution in [2.45, 2.75) is 378 Å². The molecule has 496 valence electrons. The van der Waals surface area contributed by atoms with Crippen molar-refractivity contribution in [1.82, 2.24) is 5.32 Å². The van der Waals surface area contributed by atoms with Gasteiger partial charge in [-0.3, -0.25) is 9.59 Å². The molecule has 1 aliphatic rings. The van der Waals surface area contributed by atoms with E-state index in [0.29, 0.717) is 19.4 Å². The van der Waals surface area contributed by atoms with Gasteiger partial charge in [-0.2, -0.15) is 0 Å². The van der Waals surface area contributed by atoms with Crippen LogP contribution in [-0.4, -0.2) is 100 Å². The first-order valence-electron chi connectivity index (χ1n) is 36.1. The summed E-state index contributed by atoms with van der Waals surface area (Å²) in [6.45, 7) is 4.31. The van der Waals surface area contributed by atoms with Crippen molar-refractivity contribution in [3.63, 3.8) is 0 Å². The van der Waals surface area contributed by atoms with E-state index in [1.54, 1.807) is 6.08 Å². The van der Waals surface area contributed by atoms with E-state index in [0.717, 1.165) is 70.6 Å². The minimum atomic E-state index is -1.57. The van der Waals surface area contributed by atoms with E-state index < -0.39 is 49.5 Å². The van der Waals surface area contributed by atoms with Gasteiger partial charge >= 0.3 is 5.97 Å². The Kier molecular flexibility index (Phi) is 59.5. The molecular formula is C74H135NO10. The largest absolute Gasteiger partial charge is 0.466 e. The van der Waals surface area contributed by atoms with Gasteiger partial charge in [0.25, 0.3) is 0 Å². The average Bonchev–Trinajstić information content (AvgIpc) is 3.49. The fraction of sp³-hybridized carbons (Fsp3) is 0.838. The molecule has 0 saturated carbocycles. The number of nitrogens with one attached hydrogen (secondary N) is 1. The van der Waals surface area contributed by atoms with Crippen molar-refractivity contribution in [3.8, 4) is 0 Å². The third kappa shape index (κ3) is 51.9. The smallest absolute Gasteiger partial charge is 0.305 e. The first kappa shape index (κ1) is 80.4. The summed E-state index contributed by atoms with van der Waals surface area (Å²) in [5, 5.41) is 54.5. The van der Waals surface area contributed by atoms with E-state index in [2.05, 4.69) is 67.8 Å². The molecule has 11 heteroatoms. The Morgan fingerprint density at radius 1 is 0.435 bits per heavy atom. The van der Waals surface area contributed by atoms with Crippen LogP contribution < -0.4 is 5.32 Å². The van der Waals surface area contributed by atoms with Crippen molar-refractivity contribution < 1.29 is 49.3 Å². The van der Waals surface area contributed by atoms with Gasteiger partial charge in [0.1, 0.15) is 24.4 Å². The van der Waals surface area contributed by atoms with E-state index in [9.17, 15) is 35.1 Å². The van der Waals surface area contributed by atoms with Crippen LogP contribution in [0.5, 0.6) is 0 Å². The second kappa shape index (κ2) is 62.9. The molecule has 11 nitrogen and oxygen atoms in total. The first-order chi connectivity index (χ1) is 41.7. The average molecular weight is 1200 g/mol. The highest BCUT2D eigenvalue weighted by molar-refractivity contribution is 5.76. The second-order valence-corrected chi connectivity index (χ2v) is 24.9. The number of amides is 1. The van der Waals surface area contributed by atoms with Crippen LogP contribution in [0.3, 0.4) is 0 Å². The lowest BCUT2D eigenvalue weighted by Crippen LogP contribution is -2.60. The number of carbonyl (C=O) groups excluding carboxylic acids is 2. The predicted octanol–water partition coefficient (Wildman–Crippen LogP) is 18.5. The zero-order chi connectivity index (χ0) is 61.6. The fourth-order valence-electron chi connectivity index (χ4n) is 11.1. The highest BCUT2D eigenvalue weighted by Crippen LogP contribution is 2.23. The van der Waals surface area contributed by atoms with Crippen molar-refractivity contribution in [2.75, 3.05) is 19.8 Å². The minimum Gasteiger partial charge on any atom is -0.466 e. The van der Waals surface area contributed by atoms with Gasteiger partial charge in [-0.15, -0.1) is 0 Å². The highest BCUT2D eigenvalue weighted by atomic mass is 16.7. The summed E-state index contributed by atoms with van der Waals surface area (Å²) < 4.78 is 16.7. The number of aliphatic hydroxyl groups excluding tert-OH is 5. The maximum absolute atomic E-state index is 13.1. The van der Waals surface area contributed by atoms with Crippen molar-refractivity contribution in [3.05, 3.63) is 60.8 Å². The SMILES string of the molecule is CCCC/C=C\C/C=C\CCCCCCCC(=O)OCCCCCCCCCCC/C=C\C/C=C\CCCCCCCCCCCCCCCCCC(=O)NC(COC1OC(CO)C(O)C(O)C1O)C(O)/C=C/CCCCCCCCCCCC. The molecule has 7 atom stereocenters. The predicted molar refractivity (Wildman–Crippen MR) is 357 cm³/mol. The Bertz CT molecular complexity index is 1600. The summed E-state index contributed by atoms with van der Waals surface area (Å²) in [6.07, 6.45) is 73.5. The molecule has 1 heterocycles. The van der Waals surface area contributed by atoms with Crippen LogP contribution in [0.2, 0.25) is 0 Å². The first-order valence-corrected chi connectivity index (χ1v) is 36.1. The van der Waals surface area contributed by atoms with E-state index in [1.165, 1.54) is 238 Å². The lowest BCUT2D eigenvalue weighted by atomic mass is 9.99. The molecule has 1 saturated heterocycles. The van der Waals surface area contributed by atoms with Gasteiger partial charge < -0.3 is 45.1 Å².